The molecule has 0 nitrogen and oxygen atoms in total. The molecule has 1 radical (unpaired) electrons. The molecule has 0 atom stereocenters. The zero-order chi connectivity index (χ0) is 9.73. The van der Waals surface area contributed by atoms with Crippen LogP contribution in [0.3, 0.4) is 0 Å². The van der Waals surface area contributed by atoms with Gasteiger partial charge in [-0.3, -0.25) is 0 Å². The van der Waals surface area contributed by atoms with Crippen LogP contribution in [0.5, 0.6) is 0 Å². The molecule has 1 aliphatic carbocycles. The largest absolute Gasteiger partial charge is 0.0596 e. The van der Waals surface area contributed by atoms with E-state index >= 15 is 0 Å². The van der Waals surface area contributed by atoms with Crippen molar-refractivity contribution in [3.63, 3.8) is 0 Å². The fraction of sp³-hybridized carbons (Fsp3) is 0.923. The fourth-order valence-corrected chi connectivity index (χ4v) is 2.41. The highest BCUT2D eigenvalue weighted by molar-refractivity contribution is 4.80. The Morgan fingerprint density at radius 1 is 0.846 bits per heavy atom. The zero-order valence-corrected chi connectivity index (χ0v) is 9.44. The molecule has 1 fully saturated rings. The maximum absolute atomic E-state index is 4.30. The molecular formula is C13H25. The third-order valence-electron chi connectivity index (χ3n) is 3.46. The van der Waals surface area contributed by atoms with Crippen LogP contribution in [0.1, 0.15) is 65.2 Å². The standard InChI is InChI=1S/C13H25/c1-13(2,3)12-10-8-6-4-5-7-9-11-12/h12H,1,4-11H2,2-3H3. The Kier molecular flexibility index (Phi) is 4.28. The highest BCUT2D eigenvalue weighted by Crippen LogP contribution is 2.35. The Balaban J connectivity index is 2.41. The van der Waals surface area contributed by atoms with Crippen molar-refractivity contribution in [2.75, 3.05) is 0 Å². The molecule has 0 amide bonds. The van der Waals surface area contributed by atoms with E-state index in [9.17, 15) is 0 Å². The second-order valence-electron chi connectivity index (χ2n) is 5.38. The topological polar surface area (TPSA) is 0 Å². The lowest BCUT2D eigenvalue weighted by atomic mass is 9.75. The second kappa shape index (κ2) is 5.02. The van der Waals surface area contributed by atoms with Gasteiger partial charge < -0.3 is 0 Å². The SMILES string of the molecule is [CH2]C(C)(C)C1CCCCCCCC1. The Morgan fingerprint density at radius 3 is 1.62 bits per heavy atom. The lowest BCUT2D eigenvalue weighted by Crippen LogP contribution is -2.20. The summed E-state index contributed by atoms with van der Waals surface area (Å²) in [6.07, 6.45) is 11.5. The fourth-order valence-electron chi connectivity index (χ4n) is 2.41. The molecule has 0 bridgehead atoms. The van der Waals surface area contributed by atoms with E-state index < -0.39 is 0 Å². The van der Waals surface area contributed by atoms with Crippen LogP contribution < -0.4 is 0 Å². The van der Waals surface area contributed by atoms with Gasteiger partial charge >= 0.3 is 0 Å². The highest BCUT2D eigenvalue weighted by atomic mass is 14.3. The van der Waals surface area contributed by atoms with Gasteiger partial charge in [0, 0.05) is 0 Å². The predicted molar refractivity (Wildman–Crippen MR) is 59.6 cm³/mol. The molecule has 0 aromatic carbocycles. The lowest BCUT2D eigenvalue weighted by Gasteiger charge is -2.30. The number of hydrogen-bond donors (Lipinski definition) is 0. The number of rotatable bonds is 1. The zero-order valence-electron chi connectivity index (χ0n) is 9.44. The van der Waals surface area contributed by atoms with Crippen molar-refractivity contribution < 1.29 is 0 Å². The van der Waals surface area contributed by atoms with E-state index in [4.69, 9.17) is 0 Å². The Hall–Kier alpha value is 0. The van der Waals surface area contributed by atoms with E-state index in [2.05, 4.69) is 20.8 Å². The molecule has 0 aliphatic heterocycles. The van der Waals surface area contributed by atoms with Crippen LogP contribution >= 0.6 is 0 Å². The summed E-state index contributed by atoms with van der Waals surface area (Å²) in [7, 11) is 0. The second-order valence-corrected chi connectivity index (χ2v) is 5.38. The van der Waals surface area contributed by atoms with E-state index in [0.29, 0.717) is 5.41 Å². The summed E-state index contributed by atoms with van der Waals surface area (Å²) in [4.78, 5) is 0. The van der Waals surface area contributed by atoms with Gasteiger partial charge in [0.2, 0.25) is 0 Å². The van der Waals surface area contributed by atoms with Gasteiger partial charge in [0.25, 0.3) is 0 Å². The van der Waals surface area contributed by atoms with Crippen LogP contribution in [-0.2, 0) is 0 Å². The van der Waals surface area contributed by atoms with Crippen molar-refractivity contribution in [3.05, 3.63) is 6.92 Å². The quantitative estimate of drug-likeness (QED) is 0.554. The summed E-state index contributed by atoms with van der Waals surface area (Å²) in [5.74, 6) is 0.866. The predicted octanol–water partition coefficient (Wildman–Crippen LogP) is 4.60. The molecule has 13 heavy (non-hydrogen) atoms. The Bertz CT molecular complexity index is 119. The maximum Gasteiger partial charge on any atom is -0.0326 e. The lowest BCUT2D eigenvalue weighted by molar-refractivity contribution is 0.238. The monoisotopic (exact) mass is 181 g/mol. The van der Waals surface area contributed by atoms with Gasteiger partial charge in [0.05, 0.1) is 0 Å². The van der Waals surface area contributed by atoms with Gasteiger partial charge in [-0.15, -0.1) is 0 Å². The van der Waals surface area contributed by atoms with Gasteiger partial charge in [-0.05, 0) is 31.1 Å². The van der Waals surface area contributed by atoms with Gasteiger partial charge in [0.15, 0.2) is 0 Å². The number of hydrogen-bond acceptors (Lipinski definition) is 0. The van der Waals surface area contributed by atoms with Crippen molar-refractivity contribution in [3.8, 4) is 0 Å². The van der Waals surface area contributed by atoms with E-state index in [1.165, 1.54) is 51.4 Å². The van der Waals surface area contributed by atoms with E-state index in [1.807, 2.05) is 0 Å². The van der Waals surface area contributed by atoms with Crippen LogP contribution in [0.2, 0.25) is 0 Å². The van der Waals surface area contributed by atoms with Crippen LogP contribution in [0, 0.1) is 18.3 Å². The highest BCUT2D eigenvalue weighted by Gasteiger charge is 2.23. The molecule has 0 aromatic rings. The van der Waals surface area contributed by atoms with Gasteiger partial charge in [-0.2, -0.15) is 0 Å². The molecule has 0 unspecified atom stereocenters. The van der Waals surface area contributed by atoms with Crippen molar-refractivity contribution in [2.24, 2.45) is 11.3 Å². The Labute approximate surface area is 84.1 Å². The first-order valence-corrected chi connectivity index (χ1v) is 5.96. The molecule has 0 heterocycles. The average Bonchev–Trinajstić information content (AvgIpc) is 2.14. The summed E-state index contributed by atoms with van der Waals surface area (Å²) in [6, 6.07) is 0. The van der Waals surface area contributed by atoms with Gasteiger partial charge in [-0.1, -0.05) is 52.4 Å². The Morgan fingerprint density at radius 2 is 1.23 bits per heavy atom. The minimum absolute atomic E-state index is 0.296. The molecule has 0 heteroatoms. The van der Waals surface area contributed by atoms with Crippen molar-refractivity contribution in [1.29, 1.82) is 0 Å². The molecule has 0 saturated heterocycles. The smallest absolute Gasteiger partial charge is 0.0326 e. The van der Waals surface area contributed by atoms with Crippen molar-refractivity contribution in [1.82, 2.24) is 0 Å². The van der Waals surface area contributed by atoms with Gasteiger partial charge in [-0.25, -0.2) is 0 Å². The van der Waals surface area contributed by atoms with E-state index in [-0.39, 0.29) is 0 Å². The molecule has 1 rings (SSSR count). The molecule has 1 saturated carbocycles. The molecule has 0 N–H and O–H groups in total. The average molecular weight is 181 g/mol. The van der Waals surface area contributed by atoms with Crippen molar-refractivity contribution in [2.45, 2.75) is 65.2 Å². The third kappa shape index (κ3) is 4.15. The van der Waals surface area contributed by atoms with Crippen LogP contribution in [-0.4, -0.2) is 0 Å². The molecule has 0 aromatic heterocycles. The molecule has 0 spiro atoms. The first-order chi connectivity index (χ1) is 6.11. The van der Waals surface area contributed by atoms with Crippen LogP contribution in [0.25, 0.3) is 0 Å². The molecular weight excluding hydrogens is 156 g/mol. The van der Waals surface area contributed by atoms with E-state index in [0.717, 1.165) is 5.92 Å². The first kappa shape index (κ1) is 11.1. The summed E-state index contributed by atoms with van der Waals surface area (Å²) in [6.45, 7) is 8.90. The molecule has 77 valence electrons. The molecule has 1 aliphatic rings. The summed E-state index contributed by atoms with van der Waals surface area (Å²) < 4.78 is 0. The van der Waals surface area contributed by atoms with Crippen LogP contribution in [0.15, 0.2) is 0 Å². The summed E-state index contributed by atoms with van der Waals surface area (Å²) in [5.41, 5.74) is 0.296. The summed E-state index contributed by atoms with van der Waals surface area (Å²) in [5, 5.41) is 0. The minimum atomic E-state index is 0.296. The minimum Gasteiger partial charge on any atom is -0.0596 e. The van der Waals surface area contributed by atoms with Crippen molar-refractivity contribution >= 4 is 0 Å². The first-order valence-electron chi connectivity index (χ1n) is 5.96. The normalized spacial score (nSPS) is 23.3. The van der Waals surface area contributed by atoms with Crippen LogP contribution in [0.4, 0.5) is 0 Å². The van der Waals surface area contributed by atoms with E-state index in [1.54, 1.807) is 0 Å². The maximum atomic E-state index is 4.30. The van der Waals surface area contributed by atoms with Gasteiger partial charge in [0.1, 0.15) is 0 Å². The third-order valence-corrected chi connectivity index (χ3v) is 3.46. The summed E-state index contributed by atoms with van der Waals surface area (Å²) >= 11 is 0.